The fraction of sp³-hybridized carbons (Fsp3) is 0.182. The fourth-order valence-electron chi connectivity index (χ4n) is 1.57. The SMILES string of the molecule is Cc1nc(N(C)N)nc(=O)n1-c1ccc(Cl)c(Cl)c1. The van der Waals surface area contributed by atoms with Gasteiger partial charge in [0.2, 0.25) is 5.95 Å². The van der Waals surface area contributed by atoms with Crippen molar-refractivity contribution in [2.45, 2.75) is 6.92 Å². The summed E-state index contributed by atoms with van der Waals surface area (Å²) in [5, 5.41) is 1.94. The summed E-state index contributed by atoms with van der Waals surface area (Å²) in [7, 11) is 1.55. The van der Waals surface area contributed by atoms with Gasteiger partial charge in [0.15, 0.2) is 0 Å². The highest BCUT2D eigenvalue weighted by Crippen LogP contribution is 2.24. The van der Waals surface area contributed by atoms with E-state index in [1.807, 2.05) is 0 Å². The second kappa shape index (κ2) is 5.16. The lowest BCUT2D eigenvalue weighted by Gasteiger charge is -2.13. The van der Waals surface area contributed by atoms with E-state index >= 15 is 0 Å². The molecule has 8 heteroatoms. The number of aryl methyl sites for hydroxylation is 1. The molecule has 0 aliphatic heterocycles. The number of anilines is 1. The standard InChI is InChI=1S/C11H11Cl2N5O/c1-6-15-10(17(2)14)16-11(19)18(6)7-3-4-8(12)9(13)5-7/h3-5H,14H2,1-2H3. The molecule has 19 heavy (non-hydrogen) atoms. The average molecular weight is 300 g/mol. The monoisotopic (exact) mass is 299 g/mol. The first kappa shape index (κ1) is 13.8. The second-order valence-corrected chi connectivity index (χ2v) is 4.71. The van der Waals surface area contributed by atoms with Crippen molar-refractivity contribution in [1.29, 1.82) is 0 Å². The highest BCUT2D eigenvalue weighted by atomic mass is 35.5. The Balaban J connectivity index is 2.63. The Kier molecular flexibility index (Phi) is 3.75. The van der Waals surface area contributed by atoms with Gasteiger partial charge in [0.1, 0.15) is 5.82 Å². The van der Waals surface area contributed by atoms with Crippen LogP contribution in [-0.2, 0) is 0 Å². The molecule has 0 unspecified atom stereocenters. The number of hydrazine groups is 1. The smallest absolute Gasteiger partial charge is 0.282 e. The van der Waals surface area contributed by atoms with E-state index < -0.39 is 5.69 Å². The maximum Gasteiger partial charge on any atom is 0.356 e. The third kappa shape index (κ3) is 2.70. The van der Waals surface area contributed by atoms with Crippen LogP contribution in [0.1, 0.15) is 5.82 Å². The average Bonchev–Trinajstić information content (AvgIpc) is 2.32. The highest BCUT2D eigenvalue weighted by molar-refractivity contribution is 6.42. The number of benzene rings is 1. The Morgan fingerprint density at radius 3 is 2.47 bits per heavy atom. The van der Waals surface area contributed by atoms with Crippen LogP contribution < -0.4 is 16.5 Å². The van der Waals surface area contributed by atoms with Gasteiger partial charge in [0.05, 0.1) is 15.7 Å². The first-order valence-electron chi connectivity index (χ1n) is 5.31. The number of rotatable bonds is 2. The summed E-state index contributed by atoms with van der Waals surface area (Å²) in [4.78, 5) is 19.9. The molecule has 0 spiro atoms. The number of nitrogens with two attached hydrogens (primary N) is 1. The van der Waals surface area contributed by atoms with Crippen LogP contribution in [0, 0.1) is 6.92 Å². The molecule has 0 atom stereocenters. The van der Waals surface area contributed by atoms with Gasteiger partial charge in [-0.1, -0.05) is 23.2 Å². The molecule has 2 N–H and O–H groups in total. The maximum absolute atomic E-state index is 12.0. The fourth-order valence-corrected chi connectivity index (χ4v) is 1.87. The van der Waals surface area contributed by atoms with Crippen molar-refractivity contribution in [1.82, 2.24) is 14.5 Å². The first-order chi connectivity index (χ1) is 8.90. The lowest BCUT2D eigenvalue weighted by atomic mass is 10.3. The summed E-state index contributed by atoms with van der Waals surface area (Å²) in [6.07, 6.45) is 0. The van der Waals surface area contributed by atoms with Crippen LogP contribution in [0.5, 0.6) is 0 Å². The van der Waals surface area contributed by atoms with Gasteiger partial charge >= 0.3 is 5.69 Å². The van der Waals surface area contributed by atoms with Gasteiger partial charge in [-0.25, -0.2) is 15.2 Å². The van der Waals surface area contributed by atoms with E-state index in [1.54, 1.807) is 32.2 Å². The van der Waals surface area contributed by atoms with Gasteiger partial charge < -0.3 is 0 Å². The molecule has 100 valence electrons. The third-order valence-corrected chi connectivity index (χ3v) is 3.19. The summed E-state index contributed by atoms with van der Waals surface area (Å²) >= 11 is 11.8. The quantitative estimate of drug-likeness (QED) is 0.672. The summed E-state index contributed by atoms with van der Waals surface area (Å²) < 4.78 is 1.33. The van der Waals surface area contributed by atoms with E-state index in [-0.39, 0.29) is 5.95 Å². The Morgan fingerprint density at radius 2 is 1.95 bits per heavy atom. The zero-order valence-electron chi connectivity index (χ0n) is 10.3. The largest absolute Gasteiger partial charge is 0.356 e. The van der Waals surface area contributed by atoms with Gasteiger partial charge in [-0.2, -0.15) is 9.97 Å². The van der Waals surface area contributed by atoms with Gasteiger partial charge in [-0.3, -0.25) is 5.01 Å². The van der Waals surface area contributed by atoms with Crippen molar-refractivity contribution in [2.75, 3.05) is 12.1 Å². The predicted octanol–water partition coefficient (Wildman–Crippen LogP) is 1.55. The summed E-state index contributed by atoms with van der Waals surface area (Å²) in [6.45, 7) is 1.68. The van der Waals surface area contributed by atoms with Gasteiger partial charge in [-0.05, 0) is 25.1 Å². The molecule has 0 saturated heterocycles. The van der Waals surface area contributed by atoms with Crippen molar-refractivity contribution >= 4 is 29.2 Å². The number of halogens is 2. The lowest BCUT2D eigenvalue weighted by molar-refractivity contribution is 0.781. The Labute approximate surface area is 119 Å². The van der Waals surface area contributed by atoms with Crippen LogP contribution in [-0.4, -0.2) is 21.6 Å². The minimum Gasteiger partial charge on any atom is -0.282 e. The van der Waals surface area contributed by atoms with Crippen LogP contribution in [0.15, 0.2) is 23.0 Å². The second-order valence-electron chi connectivity index (χ2n) is 3.90. The van der Waals surface area contributed by atoms with E-state index in [9.17, 15) is 4.79 Å². The van der Waals surface area contributed by atoms with Crippen molar-refractivity contribution in [3.63, 3.8) is 0 Å². The number of hydrogen-bond acceptors (Lipinski definition) is 5. The van der Waals surface area contributed by atoms with Crippen LogP contribution in [0.3, 0.4) is 0 Å². The minimum absolute atomic E-state index is 0.152. The molecule has 0 fully saturated rings. The normalized spacial score (nSPS) is 10.6. The number of hydrogen-bond donors (Lipinski definition) is 1. The third-order valence-electron chi connectivity index (χ3n) is 2.45. The van der Waals surface area contributed by atoms with Crippen LogP contribution in [0.2, 0.25) is 10.0 Å². The van der Waals surface area contributed by atoms with Crippen molar-refractivity contribution < 1.29 is 0 Å². The van der Waals surface area contributed by atoms with Crippen LogP contribution >= 0.6 is 23.2 Å². The van der Waals surface area contributed by atoms with E-state index in [2.05, 4.69) is 9.97 Å². The van der Waals surface area contributed by atoms with E-state index in [4.69, 9.17) is 29.0 Å². The van der Waals surface area contributed by atoms with Gasteiger partial charge in [0, 0.05) is 7.05 Å². The van der Waals surface area contributed by atoms with E-state index in [1.165, 1.54) is 9.58 Å². The lowest BCUT2D eigenvalue weighted by Crippen LogP contribution is -2.33. The molecule has 6 nitrogen and oxygen atoms in total. The maximum atomic E-state index is 12.0. The molecule has 0 bridgehead atoms. The Hall–Kier alpha value is -1.63. The molecule has 0 aliphatic carbocycles. The van der Waals surface area contributed by atoms with Crippen LogP contribution in [0.25, 0.3) is 5.69 Å². The van der Waals surface area contributed by atoms with E-state index in [0.29, 0.717) is 21.6 Å². The molecule has 2 aromatic rings. The zero-order valence-corrected chi connectivity index (χ0v) is 11.8. The van der Waals surface area contributed by atoms with Crippen molar-refractivity contribution in [3.05, 3.63) is 44.6 Å². The van der Waals surface area contributed by atoms with Gasteiger partial charge in [0.25, 0.3) is 0 Å². The topological polar surface area (TPSA) is 77.0 Å². The number of nitrogens with zero attached hydrogens (tertiary/aromatic N) is 4. The van der Waals surface area contributed by atoms with Crippen molar-refractivity contribution in [2.24, 2.45) is 5.84 Å². The molecule has 0 amide bonds. The molecule has 1 aromatic heterocycles. The molecule has 0 saturated carbocycles. The highest BCUT2D eigenvalue weighted by Gasteiger charge is 2.11. The first-order valence-corrected chi connectivity index (χ1v) is 6.07. The van der Waals surface area contributed by atoms with Crippen LogP contribution in [0.4, 0.5) is 5.95 Å². The minimum atomic E-state index is -0.488. The number of aromatic nitrogens is 3. The molecule has 0 radical (unpaired) electrons. The Bertz CT molecular complexity index is 683. The van der Waals surface area contributed by atoms with Gasteiger partial charge in [-0.15, -0.1) is 0 Å². The summed E-state index contributed by atoms with van der Waals surface area (Å²) in [6, 6.07) is 4.85. The summed E-state index contributed by atoms with van der Waals surface area (Å²) in [5.74, 6) is 6.11. The molecule has 0 aliphatic rings. The molecular formula is C11H11Cl2N5O. The molecule has 1 aromatic carbocycles. The molecule has 2 rings (SSSR count). The van der Waals surface area contributed by atoms with E-state index in [0.717, 1.165) is 0 Å². The predicted molar refractivity (Wildman–Crippen MR) is 75.0 cm³/mol. The molecule has 1 heterocycles. The summed E-state index contributed by atoms with van der Waals surface area (Å²) in [5.41, 5.74) is 0.0568. The Morgan fingerprint density at radius 1 is 1.26 bits per heavy atom. The van der Waals surface area contributed by atoms with Crippen molar-refractivity contribution in [3.8, 4) is 5.69 Å². The zero-order chi connectivity index (χ0) is 14.2. The molecular weight excluding hydrogens is 289 g/mol.